The van der Waals surface area contributed by atoms with Gasteiger partial charge in [-0.3, -0.25) is 10.1 Å². The Morgan fingerprint density at radius 3 is 2.32 bits per heavy atom. The van der Waals surface area contributed by atoms with Crippen molar-refractivity contribution < 1.29 is 9.66 Å². The molecule has 1 aromatic carbocycles. The Morgan fingerprint density at radius 2 is 1.82 bits per heavy atom. The predicted molar refractivity (Wildman–Crippen MR) is 84.0 cm³/mol. The summed E-state index contributed by atoms with van der Waals surface area (Å²) in [6, 6.07) is 3.41. The highest BCUT2D eigenvalue weighted by atomic mass is 35.5. The third-order valence-corrected chi connectivity index (χ3v) is 3.60. The molecule has 1 heterocycles. The van der Waals surface area contributed by atoms with Gasteiger partial charge in [0.15, 0.2) is 0 Å². The largest absolute Gasteiger partial charge is 0.434 e. The van der Waals surface area contributed by atoms with Gasteiger partial charge in [-0.2, -0.15) is 4.98 Å². The van der Waals surface area contributed by atoms with E-state index in [0.29, 0.717) is 10.8 Å². The molecule has 0 saturated carbocycles. The maximum absolute atomic E-state index is 11.3. The summed E-state index contributed by atoms with van der Waals surface area (Å²) in [4.78, 5) is 20.1. The lowest BCUT2D eigenvalue weighted by molar-refractivity contribution is -0.385. The molecule has 2 rings (SSSR count). The highest BCUT2D eigenvalue weighted by Gasteiger charge is 2.26. The van der Waals surface area contributed by atoms with Crippen molar-refractivity contribution in [3.63, 3.8) is 0 Å². The second-order valence-electron chi connectivity index (χ2n) is 4.98. The number of nitrogens with zero attached hydrogens (tertiary/aromatic N) is 4. The molecule has 2 aromatic rings. The highest BCUT2D eigenvalue weighted by molar-refractivity contribution is 6.32. The maximum Gasteiger partial charge on any atom is 0.373 e. The first-order valence-corrected chi connectivity index (χ1v) is 6.80. The number of ether oxygens (including phenoxy) is 1. The van der Waals surface area contributed by atoms with Gasteiger partial charge in [-0.1, -0.05) is 11.6 Å². The minimum absolute atomic E-state index is 0.107. The van der Waals surface area contributed by atoms with Gasteiger partial charge in [-0.15, -0.1) is 0 Å². The zero-order valence-electron chi connectivity index (χ0n) is 12.6. The Kier molecular flexibility index (Phi) is 4.46. The van der Waals surface area contributed by atoms with Crippen LogP contribution >= 0.6 is 11.6 Å². The van der Waals surface area contributed by atoms with Crippen LogP contribution in [0.5, 0.6) is 11.6 Å². The quantitative estimate of drug-likeness (QED) is 0.633. The third-order valence-electron chi connectivity index (χ3n) is 3.00. The summed E-state index contributed by atoms with van der Waals surface area (Å²) < 4.78 is 5.60. The van der Waals surface area contributed by atoms with Crippen LogP contribution in [0.1, 0.15) is 11.1 Å². The Hall–Kier alpha value is -2.41. The second kappa shape index (κ2) is 6.15. The molecule has 0 atom stereocenters. The van der Waals surface area contributed by atoms with E-state index in [1.165, 1.54) is 11.2 Å². The van der Waals surface area contributed by atoms with Gasteiger partial charge in [0.2, 0.25) is 5.82 Å². The van der Waals surface area contributed by atoms with Gasteiger partial charge >= 0.3 is 11.6 Å². The predicted octanol–water partition coefficient (Wildman–Crippen LogP) is 3.51. The Bertz CT molecular complexity index is 711. The lowest BCUT2D eigenvalue weighted by atomic mass is 10.1. The third kappa shape index (κ3) is 3.09. The van der Waals surface area contributed by atoms with Crippen LogP contribution < -0.4 is 9.64 Å². The van der Waals surface area contributed by atoms with Crippen molar-refractivity contribution in [2.24, 2.45) is 0 Å². The summed E-state index contributed by atoms with van der Waals surface area (Å²) in [5.41, 5.74) is 1.36. The number of rotatable bonds is 4. The van der Waals surface area contributed by atoms with Gasteiger partial charge in [-0.25, -0.2) is 4.98 Å². The van der Waals surface area contributed by atoms with Gasteiger partial charge in [0.1, 0.15) is 12.1 Å². The summed E-state index contributed by atoms with van der Waals surface area (Å²) in [5.74, 6) is 0.508. The number of halogens is 1. The molecule has 8 heteroatoms. The fourth-order valence-electron chi connectivity index (χ4n) is 1.99. The van der Waals surface area contributed by atoms with E-state index < -0.39 is 4.92 Å². The van der Waals surface area contributed by atoms with Gasteiger partial charge in [0.25, 0.3) is 0 Å². The molecule has 0 aliphatic heterocycles. The molecule has 0 aliphatic rings. The fraction of sp³-hybridized carbons (Fsp3) is 0.286. The number of hydrogen-bond acceptors (Lipinski definition) is 6. The molecule has 22 heavy (non-hydrogen) atoms. The van der Waals surface area contributed by atoms with E-state index in [1.807, 2.05) is 13.8 Å². The zero-order valence-corrected chi connectivity index (χ0v) is 13.4. The van der Waals surface area contributed by atoms with Gasteiger partial charge < -0.3 is 9.64 Å². The molecule has 0 radical (unpaired) electrons. The smallest absolute Gasteiger partial charge is 0.373 e. The molecule has 0 bridgehead atoms. The van der Waals surface area contributed by atoms with Crippen LogP contribution in [0.25, 0.3) is 0 Å². The molecular weight excluding hydrogens is 308 g/mol. The molecule has 7 nitrogen and oxygen atoms in total. The Morgan fingerprint density at radius 1 is 1.23 bits per heavy atom. The van der Waals surface area contributed by atoms with Crippen LogP contribution in [0.3, 0.4) is 0 Å². The molecule has 1 aromatic heterocycles. The van der Waals surface area contributed by atoms with E-state index in [2.05, 4.69) is 9.97 Å². The Labute approximate surface area is 132 Å². The molecule has 0 spiro atoms. The molecular formula is C14H15ClN4O3. The average Bonchev–Trinajstić information content (AvgIpc) is 2.44. The topological polar surface area (TPSA) is 81.4 Å². The minimum Gasteiger partial charge on any atom is -0.434 e. The highest BCUT2D eigenvalue weighted by Crippen LogP contribution is 2.36. The fourth-order valence-corrected chi connectivity index (χ4v) is 2.10. The van der Waals surface area contributed by atoms with Crippen LogP contribution in [-0.2, 0) is 0 Å². The second-order valence-corrected chi connectivity index (χ2v) is 5.35. The molecule has 0 fully saturated rings. The number of nitro groups is 1. The van der Waals surface area contributed by atoms with Crippen molar-refractivity contribution in [3.8, 4) is 11.6 Å². The van der Waals surface area contributed by atoms with Crippen molar-refractivity contribution in [2.45, 2.75) is 13.8 Å². The first-order valence-electron chi connectivity index (χ1n) is 6.42. The van der Waals surface area contributed by atoms with Crippen LogP contribution in [0.4, 0.5) is 11.5 Å². The Balaban J connectivity index is 2.50. The summed E-state index contributed by atoms with van der Waals surface area (Å²) >= 11 is 6.11. The standard InChI is InChI=1S/C14H15ClN4O3/c1-8-5-10(6-9(2)11(8)15)22-14-12(19(20)21)13(18(3)4)16-7-17-14/h5-7H,1-4H3. The first-order chi connectivity index (χ1) is 10.3. The van der Waals surface area contributed by atoms with Crippen LogP contribution in [0.2, 0.25) is 5.02 Å². The molecule has 116 valence electrons. The van der Waals surface area contributed by atoms with E-state index in [0.717, 1.165) is 11.1 Å². The lowest BCUT2D eigenvalue weighted by Crippen LogP contribution is -2.14. The maximum atomic E-state index is 11.3. The average molecular weight is 323 g/mol. The van der Waals surface area contributed by atoms with Crippen LogP contribution in [0, 0.1) is 24.0 Å². The number of anilines is 1. The SMILES string of the molecule is Cc1cc(Oc2ncnc(N(C)C)c2[N+](=O)[O-])cc(C)c1Cl. The van der Waals surface area contributed by atoms with Crippen molar-refractivity contribution in [1.82, 2.24) is 9.97 Å². The summed E-state index contributed by atoms with van der Waals surface area (Å²) in [6.07, 6.45) is 1.23. The zero-order chi connectivity index (χ0) is 16.4. The molecule has 0 N–H and O–H groups in total. The monoisotopic (exact) mass is 322 g/mol. The molecule has 0 amide bonds. The summed E-state index contributed by atoms with van der Waals surface area (Å²) in [6.45, 7) is 3.67. The number of aryl methyl sites for hydroxylation is 2. The van der Waals surface area contributed by atoms with Gasteiger partial charge in [0, 0.05) is 19.1 Å². The summed E-state index contributed by atoms with van der Waals surface area (Å²) in [7, 11) is 3.32. The van der Waals surface area contributed by atoms with Gasteiger partial charge in [0.05, 0.1) is 4.92 Å². The first kappa shape index (κ1) is 16.0. The molecule has 0 aliphatic carbocycles. The number of benzene rings is 1. The van der Waals surface area contributed by atoms with Crippen molar-refractivity contribution >= 4 is 23.1 Å². The van der Waals surface area contributed by atoms with E-state index >= 15 is 0 Å². The van der Waals surface area contributed by atoms with E-state index in [4.69, 9.17) is 16.3 Å². The summed E-state index contributed by atoms with van der Waals surface area (Å²) in [5, 5.41) is 12.0. The van der Waals surface area contributed by atoms with E-state index in [1.54, 1.807) is 26.2 Å². The molecule has 0 saturated heterocycles. The normalized spacial score (nSPS) is 10.4. The van der Waals surface area contributed by atoms with E-state index in [9.17, 15) is 10.1 Å². The van der Waals surface area contributed by atoms with Crippen LogP contribution in [-0.4, -0.2) is 29.0 Å². The van der Waals surface area contributed by atoms with Crippen LogP contribution in [0.15, 0.2) is 18.5 Å². The number of hydrogen-bond donors (Lipinski definition) is 0. The van der Waals surface area contributed by atoms with Crippen molar-refractivity contribution in [2.75, 3.05) is 19.0 Å². The minimum atomic E-state index is -0.555. The van der Waals surface area contributed by atoms with E-state index in [-0.39, 0.29) is 17.4 Å². The van der Waals surface area contributed by atoms with Crippen molar-refractivity contribution in [3.05, 3.63) is 44.7 Å². The lowest BCUT2D eigenvalue weighted by Gasteiger charge is -2.13. The number of aromatic nitrogens is 2. The van der Waals surface area contributed by atoms with Crippen molar-refractivity contribution in [1.29, 1.82) is 0 Å². The van der Waals surface area contributed by atoms with Gasteiger partial charge in [-0.05, 0) is 37.1 Å². The molecule has 0 unspecified atom stereocenters.